The normalized spacial score (nSPS) is 9.30. The number of carbonyl (C=O) groups is 2. The van der Waals surface area contributed by atoms with E-state index < -0.39 is 0 Å². The summed E-state index contributed by atoms with van der Waals surface area (Å²) in [6, 6.07) is 6.99. The third-order valence-corrected chi connectivity index (χ3v) is 2.42. The van der Waals surface area contributed by atoms with E-state index in [0.717, 1.165) is 0 Å². The molecule has 5 nitrogen and oxygen atoms in total. The first-order valence-electron chi connectivity index (χ1n) is 6.40. The number of hydrogen-bond donors (Lipinski definition) is 2. The number of rotatable bonds is 5. The molecule has 1 amide bonds. The summed E-state index contributed by atoms with van der Waals surface area (Å²) in [6.07, 6.45) is 0.149. The van der Waals surface area contributed by atoms with E-state index in [4.69, 9.17) is 10.5 Å². The first-order valence-corrected chi connectivity index (χ1v) is 6.40. The topological polar surface area (TPSA) is 81.4 Å². The van der Waals surface area contributed by atoms with Crippen LogP contribution in [0.4, 0.5) is 0 Å². The Morgan fingerprint density at radius 2 is 2.10 bits per heavy atom. The quantitative estimate of drug-likeness (QED) is 0.611. The lowest BCUT2D eigenvalue weighted by molar-refractivity contribution is -0.142. The molecule has 0 aliphatic carbocycles. The molecule has 1 aromatic rings. The molecule has 20 heavy (non-hydrogen) atoms. The molecule has 0 saturated carbocycles. The van der Waals surface area contributed by atoms with Crippen LogP contribution in [0.25, 0.3) is 0 Å². The van der Waals surface area contributed by atoms with E-state index in [1.54, 1.807) is 31.2 Å². The van der Waals surface area contributed by atoms with E-state index in [1.807, 2.05) is 0 Å². The van der Waals surface area contributed by atoms with Crippen molar-refractivity contribution in [1.29, 1.82) is 0 Å². The van der Waals surface area contributed by atoms with Gasteiger partial charge in [0.2, 0.25) is 0 Å². The molecule has 0 unspecified atom stereocenters. The molecule has 0 atom stereocenters. The van der Waals surface area contributed by atoms with Gasteiger partial charge in [0.25, 0.3) is 5.91 Å². The van der Waals surface area contributed by atoms with Crippen molar-refractivity contribution in [2.75, 3.05) is 19.7 Å². The zero-order valence-corrected chi connectivity index (χ0v) is 11.4. The largest absolute Gasteiger partial charge is 0.466 e. The van der Waals surface area contributed by atoms with Crippen LogP contribution in [0.15, 0.2) is 24.3 Å². The Balaban J connectivity index is 2.61. The smallest absolute Gasteiger partial charge is 0.307 e. The Labute approximate surface area is 118 Å². The Bertz CT molecular complexity index is 529. The maximum Gasteiger partial charge on any atom is 0.307 e. The molecule has 1 aromatic carbocycles. The molecule has 0 aromatic heterocycles. The van der Waals surface area contributed by atoms with E-state index in [-0.39, 0.29) is 31.4 Å². The van der Waals surface area contributed by atoms with Gasteiger partial charge in [0, 0.05) is 12.1 Å². The molecular formula is C15H18N2O3. The van der Waals surface area contributed by atoms with Crippen molar-refractivity contribution < 1.29 is 14.3 Å². The Morgan fingerprint density at radius 3 is 2.80 bits per heavy atom. The molecule has 0 spiro atoms. The Kier molecular flexibility index (Phi) is 6.87. The molecule has 0 fully saturated rings. The van der Waals surface area contributed by atoms with Crippen molar-refractivity contribution in [3.05, 3.63) is 35.4 Å². The van der Waals surface area contributed by atoms with Gasteiger partial charge >= 0.3 is 5.97 Å². The summed E-state index contributed by atoms with van der Waals surface area (Å²) in [5, 5.41) is 2.67. The van der Waals surface area contributed by atoms with E-state index in [1.165, 1.54) is 0 Å². The molecule has 106 valence electrons. The SMILES string of the molecule is CCOC(=O)CCNC(=O)c1ccccc1C#CCN. The van der Waals surface area contributed by atoms with Crippen molar-refractivity contribution in [3.63, 3.8) is 0 Å². The second-order valence-electron chi connectivity index (χ2n) is 3.86. The molecule has 0 heterocycles. The van der Waals surface area contributed by atoms with Crippen molar-refractivity contribution in [2.24, 2.45) is 5.73 Å². The summed E-state index contributed by atoms with van der Waals surface area (Å²) in [4.78, 5) is 23.2. The van der Waals surface area contributed by atoms with Crippen LogP contribution in [-0.2, 0) is 9.53 Å². The second kappa shape index (κ2) is 8.73. The molecule has 0 aliphatic rings. The van der Waals surface area contributed by atoms with Crippen LogP contribution in [0.3, 0.4) is 0 Å². The average molecular weight is 274 g/mol. The molecule has 5 heteroatoms. The highest BCUT2D eigenvalue weighted by Gasteiger charge is 2.10. The lowest BCUT2D eigenvalue weighted by Gasteiger charge is -2.06. The highest BCUT2D eigenvalue weighted by atomic mass is 16.5. The Hall–Kier alpha value is -2.32. The van der Waals surface area contributed by atoms with Crippen LogP contribution in [0.2, 0.25) is 0 Å². The molecule has 1 rings (SSSR count). The first kappa shape index (κ1) is 15.7. The van der Waals surface area contributed by atoms with E-state index in [9.17, 15) is 9.59 Å². The third-order valence-electron chi connectivity index (χ3n) is 2.42. The number of nitrogens with two attached hydrogens (primary N) is 1. The fourth-order valence-electron chi connectivity index (χ4n) is 1.54. The van der Waals surface area contributed by atoms with Crippen LogP contribution in [-0.4, -0.2) is 31.6 Å². The zero-order chi connectivity index (χ0) is 14.8. The highest BCUT2D eigenvalue weighted by molar-refractivity contribution is 5.96. The molecule has 0 aliphatic heterocycles. The summed E-state index contributed by atoms with van der Waals surface area (Å²) in [7, 11) is 0. The number of carbonyl (C=O) groups excluding carboxylic acids is 2. The summed E-state index contributed by atoms with van der Waals surface area (Å²) >= 11 is 0. The van der Waals surface area contributed by atoms with Crippen LogP contribution >= 0.6 is 0 Å². The summed E-state index contributed by atoms with van der Waals surface area (Å²) < 4.78 is 4.78. The van der Waals surface area contributed by atoms with Gasteiger partial charge in [0.15, 0.2) is 0 Å². The summed E-state index contributed by atoms with van der Waals surface area (Å²) in [5.41, 5.74) is 6.41. The number of esters is 1. The van der Waals surface area contributed by atoms with Gasteiger partial charge in [0.1, 0.15) is 0 Å². The molecular weight excluding hydrogens is 256 g/mol. The minimum absolute atomic E-state index is 0.149. The number of nitrogens with one attached hydrogen (secondary N) is 1. The number of benzene rings is 1. The maximum absolute atomic E-state index is 12.0. The number of ether oxygens (including phenoxy) is 1. The van der Waals surface area contributed by atoms with Gasteiger partial charge in [-0.25, -0.2) is 0 Å². The van der Waals surface area contributed by atoms with Crippen LogP contribution in [0.5, 0.6) is 0 Å². The van der Waals surface area contributed by atoms with Crippen molar-refractivity contribution >= 4 is 11.9 Å². The summed E-state index contributed by atoms with van der Waals surface area (Å²) in [6.45, 7) is 2.54. The monoisotopic (exact) mass is 274 g/mol. The van der Waals surface area contributed by atoms with Crippen LogP contribution in [0.1, 0.15) is 29.3 Å². The maximum atomic E-state index is 12.0. The van der Waals surface area contributed by atoms with E-state index in [0.29, 0.717) is 17.7 Å². The fraction of sp³-hybridized carbons (Fsp3) is 0.333. The summed E-state index contributed by atoms with van der Waals surface area (Å²) in [5.74, 6) is 4.96. The predicted molar refractivity (Wildman–Crippen MR) is 76.0 cm³/mol. The molecule has 0 radical (unpaired) electrons. The fourth-order valence-corrected chi connectivity index (χ4v) is 1.54. The molecule has 0 saturated heterocycles. The Morgan fingerprint density at radius 1 is 1.35 bits per heavy atom. The van der Waals surface area contributed by atoms with Gasteiger partial charge in [-0.2, -0.15) is 0 Å². The number of hydrogen-bond acceptors (Lipinski definition) is 4. The molecule has 3 N–H and O–H groups in total. The zero-order valence-electron chi connectivity index (χ0n) is 11.4. The van der Waals surface area contributed by atoms with Gasteiger partial charge in [0.05, 0.1) is 25.1 Å². The minimum atomic E-state index is -0.330. The van der Waals surface area contributed by atoms with E-state index >= 15 is 0 Å². The second-order valence-corrected chi connectivity index (χ2v) is 3.86. The molecule has 0 bridgehead atoms. The third kappa shape index (κ3) is 5.12. The van der Waals surface area contributed by atoms with Crippen LogP contribution in [0, 0.1) is 11.8 Å². The first-order chi connectivity index (χ1) is 9.69. The van der Waals surface area contributed by atoms with Gasteiger partial charge in [-0.3, -0.25) is 9.59 Å². The minimum Gasteiger partial charge on any atom is -0.466 e. The number of amides is 1. The average Bonchev–Trinajstić information content (AvgIpc) is 2.45. The standard InChI is InChI=1S/C15H18N2O3/c1-2-20-14(18)9-11-17-15(19)13-8-4-3-6-12(13)7-5-10-16/h3-4,6,8H,2,9-11,16H2,1H3,(H,17,19). The van der Waals surface area contributed by atoms with Crippen molar-refractivity contribution in [3.8, 4) is 11.8 Å². The van der Waals surface area contributed by atoms with Gasteiger partial charge in [-0.05, 0) is 19.1 Å². The predicted octanol–water partition coefficient (Wildman–Crippen LogP) is 0.680. The lowest BCUT2D eigenvalue weighted by Crippen LogP contribution is -2.27. The van der Waals surface area contributed by atoms with E-state index in [2.05, 4.69) is 17.2 Å². The van der Waals surface area contributed by atoms with Gasteiger partial charge in [-0.1, -0.05) is 24.0 Å². The van der Waals surface area contributed by atoms with Crippen molar-refractivity contribution in [1.82, 2.24) is 5.32 Å². The van der Waals surface area contributed by atoms with Gasteiger partial charge in [-0.15, -0.1) is 0 Å². The lowest BCUT2D eigenvalue weighted by atomic mass is 10.1. The van der Waals surface area contributed by atoms with Gasteiger partial charge < -0.3 is 15.8 Å². The van der Waals surface area contributed by atoms with Crippen molar-refractivity contribution in [2.45, 2.75) is 13.3 Å². The van der Waals surface area contributed by atoms with Crippen LogP contribution < -0.4 is 11.1 Å². The highest BCUT2D eigenvalue weighted by Crippen LogP contribution is 2.07.